The number of hydrogen-bond donors (Lipinski definition) is 2. The molecule has 0 saturated carbocycles. The van der Waals surface area contributed by atoms with Crippen LogP contribution in [-0.4, -0.2) is 37.0 Å². The Morgan fingerprint density at radius 3 is 2.81 bits per heavy atom. The number of likely N-dealkylation sites (tertiary alicyclic amines) is 1. The fourth-order valence-electron chi connectivity index (χ4n) is 3.33. The van der Waals surface area contributed by atoms with E-state index in [2.05, 4.69) is 11.4 Å². The number of nitrogens with zero attached hydrogens (tertiary/aromatic N) is 1. The topological polar surface area (TPSA) is 84.7 Å². The molecule has 2 aromatic rings. The molecule has 136 valence electrons. The van der Waals surface area contributed by atoms with E-state index in [1.165, 1.54) is 0 Å². The van der Waals surface area contributed by atoms with Crippen molar-refractivity contribution in [2.24, 2.45) is 5.73 Å². The quantitative estimate of drug-likeness (QED) is 0.866. The lowest BCUT2D eigenvalue weighted by atomic mass is 9.97. The highest BCUT2D eigenvalue weighted by Crippen LogP contribution is 2.33. The van der Waals surface area contributed by atoms with E-state index in [1.54, 1.807) is 25.3 Å². The van der Waals surface area contributed by atoms with Gasteiger partial charge in [-0.05, 0) is 35.7 Å². The molecule has 0 bridgehead atoms. The van der Waals surface area contributed by atoms with Crippen molar-refractivity contribution in [2.75, 3.05) is 20.2 Å². The third-order valence-electron chi connectivity index (χ3n) is 4.71. The van der Waals surface area contributed by atoms with Crippen LogP contribution >= 0.6 is 0 Å². The second kappa shape index (κ2) is 7.91. The monoisotopic (exact) mass is 353 g/mol. The zero-order chi connectivity index (χ0) is 18.5. The minimum atomic E-state index is -0.475. The van der Waals surface area contributed by atoms with E-state index in [9.17, 15) is 9.59 Å². The Morgan fingerprint density at radius 1 is 1.23 bits per heavy atom. The number of benzene rings is 2. The van der Waals surface area contributed by atoms with E-state index >= 15 is 0 Å². The fraction of sp³-hybridized carbons (Fsp3) is 0.300. The van der Waals surface area contributed by atoms with Gasteiger partial charge in [-0.15, -0.1) is 0 Å². The molecular formula is C20H23N3O3. The van der Waals surface area contributed by atoms with Crippen LogP contribution in [0.25, 0.3) is 0 Å². The van der Waals surface area contributed by atoms with Crippen molar-refractivity contribution in [3.8, 4) is 5.75 Å². The summed E-state index contributed by atoms with van der Waals surface area (Å²) in [4.78, 5) is 25.5. The molecule has 1 aliphatic rings. The van der Waals surface area contributed by atoms with Gasteiger partial charge in [0.05, 0.1) is 7.11 Å². The summed E-state index contributed by atoms with van der Waals surface area (Å²) in [6.07, 6.45) is 0.908. The van der Waals surface area contributed by atoms with Crippen molar-refractivity contribution < 1.29 is 14.3 Å². The van der Waals surface area contributed by atoms with Gasteiger partial charge in [0.1, 0.15) is 5.75 Å². The van der Waals surface area contributed by atoms with Crippen molar-refractivity contribution in [3.05, 3.63) is 65.2 Å². The summed E-state index contributed by atoms with van der Waals surface area (Å²) in [5, 5.41) is 2.91. The maximum Gasteiger partial charge on any atom is 0.317 e. The van der Waals surface area contributed by atoms with Crippen LogP contribution in [0.3, 0.4) is 0 Å². The van der Waals surface area contributed by atoms with Gasteiger partial charge < -0.3 is 20.7 Å². The summed E-state index contributed by atoms with van der Waals surface area (Å²) in [5.74, 6) is 0.662. The zero-order valence-corrected chi connectivity index (χ0v) is 14.8. The molecule has 1 fully saturated rings. The molecule has 6 heteroatoms. The number of nitrogens with two attached hydrogens (primary N) is 1. The molecular weight excluding hydrogens is 330 g/mol. The number of rotatable bonds is 5. The zero-order valence-electron chi connectivity index (χ0n) is 14.8. The molecule has 0 radical (unpaired) electrons. The van der Waals surface area contributed by atoms with Gasteiger partial charge >= 0.3 is 6.03 Å². The van der Waals surface area contributed by atoms with Gasteiger partial charge in [-0.1, -0.05) is 30.3 Å². The lowest BCUT2D eigenvalue weighted by Gasteiger charge is -2.18. The average Bonchev–Trinajstić information content (AvgIpc) is 3.16. The molecule has 6 nitrogen and oxygen atoms in total. The van der Waals surface area contributed by atoms with Crippen LogP contribution in [0.1, 0.15) is 33.8 Å². The van der Waals surface area contributed by atoms with Crippen molar-refractivity contribution in [1.29, 1.82) is 0 Å². The van der Waals surface area contributed by atoms with Gasteiger partial charge in [0.25, 0.3) is 0 Å². The van der Waals surface area contributed by atoms with E-state index in [-0.39, 0.29) is 11.9 Å². The third kappa shape index (κ3) is 3.96. The number of para-hydroxylation sites is 1. The van der Waals surface area contributed by atoms with Crippen molar-refractivity contribution >= 4 is 11.9 Å². The number of methoxy groups -OCH3 is 1. The van der Waals surface area contributed by atoms with Crippen LogP contribution in [0.4, 0.5) is 4.79 Å². The minimum Gasteiger partial charge on any atom is -0.496 e. The number of ether oxygens (including phenoxy) is 1. The molecule has 0 aliphatic carbocycles. The van der Waals surface area contributed by atoms with E-state index < -0.39 is 5.91 Å². The summed E-state index contributed by atoms with van der Waals surface area (Å²) in [6, 6.07) is 14.8. The number of primary amides is 1. The number of amides is 3. The summed E-state index contributed by atoms with van der Waals surface area (Å²) >= 11 is 0. The molecule has 3 rings (SSSR count). The number of hydrogen-bond acceptors (Lipinski definition) is 3. The van der Waals surface area contributed by atoms with Gasteiger partial charge in [-0.25, -0.2) is 4.79 Å². The molecule has 1 saturated heterocycles. The van der Waals surface area contributed by atoms with Crippen LogP contribution in [0, 0.1) is 0 Å². The highest BCUT2D eigenvalue weighted by atomic mass is 16.5. The van der Waals surface area contributed by atoms with Crippen molar-refractivity contribution in [2.45, 2.75) is 18.9 Å². The van der Waals surface area contributed by atoms with Crippen LogP contribution < -0.4 is 15.8 Å². The number of carbonyl (C=O) groups excluding carboxylic acids is 2. The first-order chi connectivity index (χ1) is 12.6. The number of carbonyl (C=O) groups is 2. The molecule has 1 aliphatic heterocycles. The smallest absolute Gasteiger partial charge is 0.317 e. The second-order valence-corrected chi connectivity index (χ2v) is 6.40. The lowest BCUT2D eigenvalue weighted by molar-refractivity contribution is 0.1000. The van der Waals surface area contributed by atoms with Gasteiger partial charge in [0, 0.05) is 31.1 Å². The molecule has 3 N–H and O–H groups in total. The normalized spacial score (nSPS) is 16.3. The fourth-order valence-corrected chi connectivity index (χ4v) is 3.33. The molecule has 0 spiro atoms. The van der Waals surface area contributed by atoms with E-state index in [0.717, 1.165) is 23.3 Å². The summed E-state index contributed by atoms with van der Waals surface area (Å²) in [6.45, 7) is 1.72. The Hall–Kier alpha value is -3.02. The lowest BCUT2D eigenvalue weighted by Crippen LogP contribution is -2.38. The maximum absolute atomic E-state index is 12.5. The third-order valence-corrected chi connectivity index (χ3v) is 4.71. The van der Waals surface area contributed by atoms with Crippen LogP contribution in [0.15, 0.2) is 48.5 Å². The van der Waals surface area contributed by atoms with Crippen molar-refractivity contribution in [3.63, 3.8) is 0 Å². The average molecular weight is 353 g/mol. The molecule has 26 heavy (non-hydrogen) atoms. The molecule has 1 heterocycles. The SMILES string of the molecule is COc1ccccc1C1CCN(C(=O)NCc2cccc(C(N)=O)c2)C1. The standard InChI is InChI=1S/C20H23N3O3/c1-26-18-8-3-2-7-17(18)16-9-10-23(13-16)20(25)22-12-14-5-4-6-15(11-14)19(21)24/h2-8,11,16H,9-10,12-13H2,1H3,(H2,21,24)(H,22,25). The van der Waals surface area contributed by atoms with Gasteiger partial charge in [0.2, 0.25) is 5.91 Å². The predicted octanol–water partition coefficient (Wildman–Crippen LogP) is 2.49. The molecule has 1 unspecified atom stereocenters. The predicted molar refractivity (Wildman–Crippen MR) is 99.1 cm³/mol. The summed E-state index contributed by atoms with van der Waals surface area (Å²) in [5.41, 5.74) is 7.71. The van der Waals surface area contributed by atoms with Crippen LogP contribution in [-0.2, 0) is 6.54 Å². The molecule has 3 amide bonds. The summed E-state index contributed by atoms with van der Waals surface area (Å²) < 4.78 is 5.43. The highest BCUT2D eigenvalue weighted by molar-refractivity contribution is 5.92. The Labute approximate surface area is 152 Å². The van der Waals surface area contributed by atoms with Gasteiger partial charge in [0.15, 0.2) is 0 Å². The summed E-state index contributed by atoms with van der Waals surface area (Å²) in [7, 11) is 1.67. The van der Waals surface area contributed by atoms with Crippen LogP contribution in [0.5, 0.6) is 5.75 Å². The minimum absolute atomic E-state index is 0.105. The van der Waals surface area contributed by atoms with Gasteiger partial charge in [-0.3, -0.25) is 4.79 Å². The number of urea groups is 1. The van der Waals surface area contributed by atoms with E-state index in [1.807, 2.05) is 29.2 Å². The molecule has 0 aromatic heterocycles. The molecule has 2 aromatic carbocycles. The Balaban J connectivity index is 1.58. The Kier molecular flexibility index (Phi) is 5.41. The first kappa shape index (κ1) is 17.8. The van der Waals surface area contributed by atoms with Crippen LogP contribution in [0.2, 0.25) is 0 Å². The Morgan fingerprint density at radius 2 is 2.04 bits per heavy atom. The van der Waals surface area contributed by atoms with E-state index in [0.29, 0.717) is 25.2 Å². The Bertz CT molecular complexity index is 806. The number of nitrogens with one attached hydrogen (secondary N) is 1. The largest absolute Gasteiger partial charge is 0.496 e. The van der Waals surface area contributed by atoms with Crippen molar-refractivity contribution in [1.82, 2.24) is 10.2 Å². The van der Waals surface area contributed by atoms with E-state index in [4.69, 9.17) is 10.5 Å². The maximum atomic E-state index is 12.5. The second-order valence-electron chi connectivity index (χ2n) is 6.40. The first-order valence-corrected chi connectivity index (χ1v) is 8.63. The molecule has 1 atom stereocenters. The first-order valence-electron chi connectivity index (χ1n) is 8.63. The highest BCUT2D eigenvalue weighted by Gasteiger charge is 2.28. The van der Waals surface area contributed by atoms with Gasteiger partial charge in [-0.2, -0.15) is 0 Å².